The zero-order chi connectivity index (χ0) is 16.8. The van der Waals surface area contributed by atoms with E-state index in [1.54, 1.807) is 4.90 Å². The molecular weight excluding hydrogens is 290 g/mol. The zero-order valence-electron chi connectivity index (χ0n) is 14.1. The molecule has 124 valence electrons. The first-order valence-electron chi connectivity index (χ1n) is 8.40. The van der Waals surface area contributed by atoms with Gasteiger partial charge in [0, 0.05) is 13.1 Å². The van der Waals surface area contributed by atoms with Crippen molar-refractivity contribution in [2.45, 2.75) is 39.0 Å². The molecule has 2 aliphatic rings. The van der Waals surface area contributed by atoms with Crippen LogP contribution in [0.2, 0.25) is 0 Å². The number of nitrogens with zero attached hydrogens (tertiary/aromatic N) is 1. The van der Waals surface area contributed by atoms with E-state index in [1.165, 1.54) is 0 Å². The summed E-state index contributed by atoms with van der Waals surface area (Å²) in [4.78, 5) is 26.4. The maximum atomic E-state index is 13.0. The number of carboxylic acid groups (broad SMARTS) is 1. The molecule has 3 rings (SSSR count). The van der Waals surface area contributed by atoms with Crippen molar-refractivity contribution in [3.05, 3.63) is 35.4 Å². The van der Waals surface area contributed by atoms with Gasteiger partial charge in [0.1, 0.15) is 0 Å². The van der Waals surface area contributed by atoms with Crippen molar-refractivity contribution >= 4 is 11.9 Å². The molecule has 4 nitrogen and oxygen atoms in total. The van der Waals surface area contributed by atoms with Gasteiger partial charge in [-0.1, -0.05) is 29.8 Å². The van der Waals surface area contributed by atoms with Crippen LogP contribution in [0.15, 0.2) is 24.3 Å². The molecule has 1 aromatic rings. The van der Waals surface area contributed by atoms with Gasteiger partial charge in [-0.15, -0.1) is 0 Å². The molecule has 1 aromatic carbocycles. The van der Waals surface area contributed by atoms with E-state index < -0.39 is 17.3 Å². The average molecular weight is 315 g/mol. The van der Waals surface area contributed by atoms with Gasteiger partial charge in [-0.2, -0.15) is 0 Å². The third-order valence-corrected chi connectivity index (χ3v) is 5.50. The molecule has 0 aromatic heterocycles. The Balaban J connectivity index is 1.79. The Bertz CT molecular complexity index is 616. The number of aliphatic carboxylic acids is 1. The van der Waals surface area contributed by atoms with Crippen LogP contribution in [0.3, 0.4) is 0 Å². The van der Waals surface area contributed by atoms with Crippen LogP contribution in [0.1, 0.15) is 37.8 Å². The second-order valence-corrected chi connectivity index (χ2v) is 7.65. The molecule has 1 amide bonds. The Hall–Kier alpha value is -1.84. The number of hydrogen-bond acceptors (Lipinski definition) is 2. The van der Waals surface area contributed by atoms with Crippen LogP contribution in [-0.2, 0) is 15.0 Å². The molecule has 0 spiro atoms. The monoisotopic (exact) mass is 315 g/mol. The second-order valence-electron chi connectivity index (χ2n) is 7.65. The van der Waals surface area contributed by atoms with E-state index in [2.05, 4.69) is 0 Å². The highest BCUT2D eigenvalue weighted by Crippen LogP contribution is 2.44. The molecular formula is C19H25NO3. The number of benzene rings is 1. The highest BCUT2D eigenvalue weighted by atomic mass is 16.4. The molecule has 1 saturated heterocycles. The lowest BCUT2D eigenvalue weighted by Gasteiger charge is -2.30. The summed E-state index contributed by atoms with van der Waals surface area (Å²) >= 11 is 0. The molecule has 1 aliphatic heterocycles. The fourth-order valence-corrected chi connectivity index (χ4v) is 3.75. The molecule has 2 atom stereocenters. The van der Waals surface area contributed by atoms with Gasteiger partial charge in [-0.05, 0) is 51.0 Å². The highest BCUT2D eigenvalue weighted by Gasteiger charge is 2.48. The molecule has 1 aliphatic carbocycles. The fraction of sp³-hybridized carbons (Fsp3) is 0.579. The molecule has 2 fully saturated rings. The SMILES string of the molecule is Cc1ccc(C(C)(C)C(=O)N2C[C@H](C(=O)O)[C@@H](C3CC3)C2)cc1. The van der Waals surface area contributed by atoms with Crippen molar-refractivity contribution in [3.63, 3.8) is 0 Å². The standard InChI is InChI=1S/C19H25NO3/c1-12-4-8-14(9-5-12)19(2,3)18(23)20-10-15(13-6-7-13)16(11-20)17(21)22/h4-5,8-9,13,15-16H,6-7,10-11H2,1-3H3,(H,21,22)/t15-,16+/m1/s1. The molecule has 0 bridgehead atoms. The van der Waals surface area contributed by atoms with E-state index in [0.717, 1.165) is 24.0 Å². The molecule has 1 saturated carbocycles. The average Bonchev–Trinajstić information content (AvgIpc) is 3.25. The number of aryl methyl sites for hydroxylation is 1. The highest BCUT2D eigenvalue weighted by molar-refractivity contribution is 5.88. The predicted molar refractivity (Wildman–Crippen MR) is 88.1 cm³/mol. The van der Waals surface area contributed by atoms with Gasteiger partial charge in [0.25, 0.3) is 0 Å². The van der Waals surface area contributed by atoms with Crippen molar-refractivity contribution in [3.8, 4) is 0 Å². The van der Waals surface area contributed by atoms with E-state index >= 15 is 0 Å². The summed E-state index contributed by atoms with van der Waals surface area (Å²) in [6, 6.07) is 8.02. The Labute approximate surface area is 137 Å². The molecule has 1 N–H and O–H groups in total. The van der Waals surface area contributed by atoms with Crippen molar-refractivity contribution in [2.75, 3.05) is 13.1 Å². The lowest BCUT2D eigenvalue weighted by atomic mass is 9.83. The Morgan fingerprint density at radius 1 is 1.13 bits per heavy atom. The predicted octanol–water partition coefficient (Wildman–Crippen LogP) is 2.84. The molecule has 0 unspecified atom stereocenters. The summed E-state index contributed by atoms with van der Waals surface area (Å²) < 4.78 is 0. The van der Waals surface area contributed by atoms with E-state index in [0.29, 0.717) is 19.0 Å². The van der Waals surface area contributed by atoms with Gasteiger partial charge in [0.15, 0.2) is 0 Å². The number of likely N-dealkylation sites (tertiary alicyclic amines) is 1. The van der Waals surface area contributed by atoms with Crippen molar-refractivity contribution in [1.29, 1.82) is 0 Å². The van der Waals surface area contributed by atoms with E-state index in [-0.39, 0.29) is 11.8 Å². The van der Waals surface area contributed by atoms with Crippen LogP contribution in [0.4, 0.5) is 0 Å². The number of amides is 1. The Morgan fingerprint density at radius 2 is 1.74 bits per heavy atom. The summed E-state index contributed by atoms with van der Waals surface area (Å²) in [5.41, 5.74) is 1.52. The summed E-state index contributed by atoms with van der Waals surface area (Å²) in [5, 5.41) is 9.47. The summed E-state index contributed by atoms with van der Waals surface area (Å²) in [6.45, 7) is 6.83. The fourth-order valence-electron chi connectivity index (χ4n) is 3.75. The molecule has 1 heterocycles. The summed E-state index contributed by atoms with van der Waals surface area (Å²) in [6.07, 6.45) is 2.22. The van der Waals surface area contributed by atoms with Crippen molar-refractivity contribution in [1.82, 2.24) is 4.90 Å². The molecule has 23 heavy (non-hydrogen) atoms. The first-order chi connectivity index (χ1) is 10.8. The maximum absolute atomic E-state index is 13.0. The van der Waals surface area contributed by atoms with E-state index in [1.807, 2.05) is 45.0 Å². The van der Waals surface area contributed by atoms with E-state index in [4.69, 9.17) is 0 Å². The lowest BCUT2D eigenvalue weighted by Crippen LogP contribution is -2.42. The van der Waals surface area contributed by atoms with Gasteiger partial charge >= 0.3 is 5.97 Å². The second kappa shape index (κ2) is 5.66. The van der Waals surface area contributed by atoms with Gasteiger partial charge in [-0.25, -0.2) is 0 Å². The van der Waals surface area contributed by atoms with Gasteiger partial charge in [0.05, 0.1) is 11.3 Å². The van der Waals surface area contributed by atoms with Crippen LogP contribution in [0.5, 0.6) is 0 Å². The molecule has 4 heteroatoms. The van der Waals surface area contributed by atoms with Crippen LogP contribution >= 0.6 is 0 Å². The quantitative estimate of drug-likeness (QED) is 0.929. The van der Waals surface area contributed by atoms with Gasteiger partial charge < -0.3 is 10.0 Å². The zero-order valence-corrected chi connectivity index (χ0v) is 14.1. The largest absolute Gasteiger partial charge is 0.481 e. The first-order valence-corrected chi connectivity index (χ1v) is 8.40. The van der Waals surface area contributed by atoms with Crippen molar-refractivity contribution < 1.29 is 14.7 Å². The Morgan fingerprint density at radius 3 is 2.26 bits per heavy atom. The van der Waals surface area contributed by atoms with E-state index in [9.17, 15) is 14.7 Å². The number of rotatable bonds is 4. The topological polar surface area (TPSA) is 57.6 Å². The first kappa shape index (κ1) is 16.0. The minimum absolute atomic E-state index is 0.0377. The number of carbonyl (C=O) groups is 2. The van der Waals surface area contributed by atoms with Crippen LogP contribution in [0, 0.1) is 24.7 Å². The Kier molecular flexibility index (Phi) is 3.95. The minimum atomic E-state index is -0.759. The van der Waals surface area contributed by atoms with Crippen LogP contribution in [0.25, 0.3) is 0 Å². The third-order valence-electron chi connectivity index (χ3n) is 5.50. The summed E-state index contributed by atoms with van der Waals surface area (Å²) in [7, 11) is 0. The minimum Gasteiger partial charge on any atom is -0.481 e. The number of carboxylic acids is 1. The smallest absolute Gasteiger partial charge is 0.308 e. The lowest BCUT2D eigenvalue weighted by molar-refractivity contribution is -0.143. The normalized spacial score (nSPS) is 24.7. The van der Waals surface area contributed by atoms with Crippen LogP contribution in [-0.4, -0.2) is 35.0 Å². The summed E-state index contributed by atoms with van der Waals surface area (Å²) in [5.74, 6) is -0.497. The van der Waals surface area contributed by atoms with Crippen molar-refractivity contribution in [2.24, 2.45) is 17.8 Å². The molecule has 0 radical (unpaired) electrons. The number of carbonyl (C=O) groups excluding carboxylic acids is 1. The third kappa shape index (κ3) is 2.99. The van der Waals surface area contributed by atoms with Crippen LogP contribution < -0.4 is 0 Å². The van der Waals surface area contributed by atoms with Gasteiger partial charge in [-0.3, -0.25) is 9.59 Å². The maximum Gasteiger partial charge on any atom is 0.308 e. The number of hydrogen-bond donors (Lipinski definition) is 1. The van der Waals surface area contributed by atoms with Gasteiger partial charge in [0.2, 0.25) is 5.91 Å².